The first kappa shape index (κ1) is 26.2. The van der Waals surface area contributed by atoms with Gasteiger partial charge in [0.1, 0.15) is 11.6 Å². The molecule has 8 atom stereocenters. The second-order valence-corrected chi connectivity index (χ2v) is 11.3. The third-order valence-corrected chi connectivity index (χ3v) is 8.73. The molecule has 2 bridgehead atoms. The van der Waals surface area contributed by atoms with Crippen molar-refractivity contribution in [1.29, 1.82) is 0 Å². The first-order valence-electron chi connectivity index (χ1n) is 13.6. The SMILES string of the molecule is C[C@H]1[C@@H](Oc2ccc(/C=N/NC(=O)Nc3ccccc3F)cc2)OC2O[C@]3(C)CC[C@H]4[C@H](C)CC[C@@H]1[C@@]24OO3. The van der Waals surface area contributed by atoms with Gasteiger partial charge in [-0.3, -0.25) is 0 Å². The fourth-order valence-electron chi connectivity index (χ4n) is 6.65. The topological polar surface area (TPSA) is 99.6 Å². The number of rotatable bonds is 5. The highest BCUT2D eigenvalue weighted by atomic mass is 19.1. The Morgan fingerprint density at radius 3 is 2.67 bits per heavy atom. The summed E-state index contributed by atoms with van der Waals surface area (Å²) in [6, 6.07) is 12.6. The van der Waals surface area contributed by atoms with E-state index in [2.05, 4.69) is 29.7 Å². The van der Waals surface area contributed by atoms with Crippen LogP contribution in [0.5, 0.6) is 5.75 Å². The third kappa shape index (κ3) is 4.80. The first-order chi connectivity index (χ1) is 18.8. The summed E-state index contributed by atoms with van der Waals surface area (Å²) in [5.41, 5.74) is 2.52. The molecule has 4 aliphatic heterocycles. The Balaban J connectivity index is 1.10. The molecule has 1 unspecified atom stereocenters. The summed E-state index contributed by atoms with van der Waals surface area (Å²) in [6.07, 6.45) is 4.29. The van der Waals surface area contributed by atoms with E-state index in [9.17, 15) is 9.18 Å². The van der Waals surface area contributed by atoms with Crippen molar-refractivity contribution < 1.29 is 33.2 Å². The van der Waals surface area contributed by atoms with Crippen LogP contribution < -0.4 is 15.5 Å². The third-order valence-electron chi connectivity index (χ3n) is 8.73. The summed E-state index contributed by atoms with van der Waals surface area (Å²) in [7, 11) is 0. The number of fused-ring (bicyclic) bond motifs is 2. The van der Waals surface area contributed by atoms with E-state index in [4.69, 9.17) is 24.0 Å². The summed E-state index contributed by atoms with van der Waals surface area (Å²) in [5.74, 6) is 0.332. The minimum atomic E-state index is -0.830. The van der Waals surface area contributed by atoms with Gasteiger partial charge in [-0.25, -0.2) is 24.4 Å². The Morgan fingerprint density at radius 1 is 1.08 bits per heavy atom. The summed E-state index contributed by atoms with van der Waals surface area (Å²) in [6.45, 7) is 6.35. The van der Waals surface area contributed by atoms with Gasteiger partial charge in [0, 0.05) is 18.3 Å². The number of hydrogen-bond acceptors (Lipinski definition) is 7. The highest BCUT2D eigenvalue weighted by molar-refractivity contribution is 5.90. The maximum absolute atomic E-state index is 13.7. The molecule has 2 aromatic rings. The van der Waals surface area contributed by atoms with E-state index in [0.717, 1.165) is 31.2 Å². The van der Waals surface area contributed by atoms with E-state index in [1.54, 1.807) is 12.1 Å². The second-order valence-electron chi connectivity index (χ2n) is 11.3. The standard InChI is InChI=1S/C29H34FN3O6/c1-17-8-13-22-18(2)25(36-26-29(22)21(17)14-15-28(3,37-26)38-39-29)35-20-11-9-19(10-12-20)16-31-33-27(34)32-24-7-5-4-6-23(24)30/h4-7,9-12,16-18,21-22,25-26H,8,13-15H2,1-3H3,(H2,32,33,34)/b31-16+/t17-,18-,21+,22+,25+,26?,28+,29-/m1/s1. The summed E-state index contributed by atoms with van der Waals surface area (Å²) < 4.78 is 32.9. The van der Waals surface area contributed by atoms with Gasteiger partial charge in [-0.15, -0.1) is 0 Å². The van der Waals surface area contributed by atoms with Crippen molar-refractivity contribution in [3.8, 4) is 5.75 Å². The van der Waals surface area contributed by atoms with Crippen LogP contribution >= 0.6 is 0 Å². The molecule has 4 saturated heterocycles. The van der Waals surface area contributed by atoms with Gasteiger partial charge in [-0.2, -0.15) is 5.10 Å². The Hall–Kier alpha value is -3.05. The van der Waals surface area contributed by atoms with E-state index in [1.165, 1.54) is 18.3 Å². The Bertz CT molecular complexity index is 1240. The number of anilines is 1. The van der Waals surface area contributed by atoms with E-state index in [-0.39, 0.29) is 17.5 Å². The molecular weight excluding hydrogens is 505 g/mol. The molecule has 5 aliphatic rings. The number of ether oxygens (including phenoxy) is 3. The lowest BCUT2D eigenvalue weighted by atomic mass is 9.58. The van der Waals surface area contributed by atoms with Gasteiger partial charge >= 0.3 is 6.03 Å². The van der Waals surface area contributed by atoms with Crippen LogP contribution in [-0.4, -0.2) is 36.2 Å². The van der Waals surface area contributed by atoms with Crippen molar-refractivity contribution in [1.82, 2.24) is 5.43 Å². The van der Waals surface area contributed by atoms with E-state index in [1.807, 2.05) is 31.2 Å². The molecule has 4 heterocycles. The number of hydrogen-bond donors (Lipinski definition) is 2. The zero-order valence-corrected chi connectivity index (χ0v) is 22.3. The van der Waals surface area contributed by atoms with Gasteiger partial charge in [-0.05, 0) is 80.0 Å². The molecule has 7 rings (SSSR count). The van der Waals surface area contributed by atoms with Gasteiger partial charge in [0.15, 0.2) is 11.9 Å². The second kappa shape index (κ2) is 10.2. The number of hydrazone groups is 1. The molecule has 1 spiro atoms. The maximum atomic E-state index is 13.7. The number of para-hydroxylation sites is 1. The maximum Gasteiger partial charge on any atom is 0.339 e. The molecule has 1 saturated carbocycles. The smallest absolute Gasteiger partial charge is 0.339 e. The molecular formula is C29H34FN3O6. The van der Waals surface area contributed by atoms with Crippen LogP contribution in [0.15, 0.2) is 53.6 Å². The molecule has 5 fully saturated rings. The van der Waals surface area contributed by atoms with Crippen LogP contribution in [0, 0.1) is 29.5 Å². The zero-order chi connectivity index (χ0) is 27.2. The molecule has 0 radical (unpaired) electrons. The number of urea groups is 1. The molecule has 2 N–H and O–H groups in total. The molecule has 10 heteroatoms. The average Bonchev–Trinajstić information content (AvgIpc) is 3.15. The van der Waals surface area contributed by atoms with Crippen LogP contribution in [0.25, 0.3) is 0 Å². The number of amides is 2. The lowest BCUT2D eigenvalue weighted by molar-refractivity contribution is -0.575. The highest BCUT2D eigenvalue weighted by Gasteiger charge is 2.69. The van der Waals surface area contributed by atoms with Crippen LogP contribution in [-0.2, 0) is 19.2 Å². The normalized spacial score (nSPS) is 37.1. The molecule has 39 heavy (non-hydrogen) atoms. The first-order valence-corrected chi connectivity index (χ1v) is 13.6. The predicted molar refractivity (Wildman–Crippen MR) is 140 cm³/mol. The summed E-state index contributed by atoms with van der Waals surface area (Å²) in [5, 5.41) is 6.34. The van der Waals surface area contributed by atoms with Crippen molar-refractivity contribution in [2.24, 2.45) is 28.8 Å². The van der Waals surface area contributed by atoms with E-state index < -0.39 is 35.8 Å². The van der Waals surface area contributed by atoms with Gasteiger partial charge in [-0.1, -0.05) is 26.0 Å². The molecule has 2 amide bonds. The number of carbonyl (C=O) groups is 1. The predicted octanol–water partition coefficient (Wildman–Crippen LogP) is 5.57. The lowest BCUT2D eigenvalue weighted by Gasteiger charge is -2.60. The minimum absolute atomic E-state index is 0.0595. The fourth-order valence-corrected chi connectivity index (χ4v) is 6.65. The van der Waals surface area contributed by atoms with Gasteiger partial charge in [0.2, 0.25) is 12.1 Å². The Kier molecular flexibility index (Phi) is 6.83. The largest absolute Gasteiger partial charge is 0.465 e. The molecule has 208 valence electrons. The van der Waals surface area contributed by atoms with Gasteiger partial charge < -0.3 is 19.5 Å². The van der Waals surface area contributed by atoms with E-state index >= 15 is 0 Å². The minimum Gasteiger partial charge on any atom is -0.465 e. The number of carbonyl (C=O) groups excluding carboxylic acids is 1. The van der Waals surface area contributed by atoms with Crippen LogP contribution in [0.1, 0.15) is 52.0 Å². The monoisotopic (exact) mass is 539 g/mol. The Morgan fingerprint density at radius 2 is 1.87 bits per heavy atom. The van der Waals surface area contributed by atoms with Crippen molar-refractivity contribution in [2.75, 3.05) is 5.32 Å². The molecule has 1 aliphatic carbocycles. The summed E-state index contributed by atoms with van der Waals surface area (Å²) >= 11 is 0. The van der Waals surface area contributed by atoms with Crippen LogP contribution in [0.2, 0.25) is 0 Å². The number of nitrogens with one attached hydrogen (secondary N) is 2. The van der Waals surface area contributed by atoms with Crippen molar-refractivity contribution >= 4 is 17.9 Å². The molecule has 9 nitrogen and oxygen atoms in total. The number of halogens is 1. The van der Waals surface area contributed by atoms with Crippen LogP contribution in [0.3, 0.4) is 0 Å². The summed E-state index contributed by atoms with van der Waals surface area (Å²) in [4.78, 5) is 24.0. The Labute approximate surface area is 226 Å². The van der Waals surface area contributed by atoms with Crippen LogP contribution in [0.4, 0.5) is 14.9 Å². The zero-order valence-electron chi connectivity index (χ0n) is 22.3. The van der Waals surface area contributed by atoms with Crippen molar-refractivity contribution in [3.63, 3.8) is 0 Å². The van der Waals surface area contributed by atoms with Gasteiger partial charge in [0.05, 0.1) is 11.9 Å². The lowest BCUT2D eigenvalue weighted by Crippen LogP contribution is -2.70. The molecule has 2 aromatic carbocycles. The number of nitrogens with zero attached hydrogens (tertiary/aromatic N) is 1. The van der Waals surface area contributed by atoms with E-state index in [0.29, 0.717) is 17.6 Å². The quantitative estimate of drug-likeness (QED) is 0.293. The number of benzene rings is 2. The fraction of sp³-hybridized carbons (Fsp3) is 0.517. The van der Waals surface area contributed by atoms with Gasteiger partial charge in [0.25, 0.3) is 0 Å². The molecule has 0 aromatic heterocycles. The van der Waals surface area contributed by atoms with Crippen molar-refractivity contribution in [2.45, 2.75) is 70.4 Å². The van der Waals surface area contributed by atoms with Crippen molar-refractivity contribution in [3.05, 3.63) is 59.9 Å². The highest BCUT2D eigenvalue weighted by Crippen LogP contribution is 2.60. The average molecular weight is 540 g/mol.